The predicted octanol–water partition coefficient (Wildman–Crippen LogP) is 1.81. The molecule has 6 rings (SSSR count). The SMILES string of the molecule is [B]c1cc(C[C@@H](OC(=O)N2CCC(N3CCc4ccccc4NC3=O)CC2)C(=O)N2CCC(N3CCC(O)(CC)CC3)CC2)cc([B])c1O. The number of amides is 4. The van der Waals surface area contributed by atoms with Gasteiger partial charge < -0.3 is 39.9 Å². The summed E-state index contributed by atoms with van der Waals surface area (Å²) in [5, 5.41) is 23.8. The number of likely N-dealkylation sites (tertiary alicyclic amines) is 3. The lowest BCUT2D eigenvalue weighted by atomic mass is 9.83. The van der Waals surface area contributed by atoms with Crippen LogP contribution in [0.5, 0.6) is 5.75 Å². The van der Waals surface area contributed by atoms with Crippen molar-refractivity contribution < 1.29 is 29.3 Å². The van der Waals surface area contributed by atoms with Crippen LogP contribution in [0.2, 0.25) is 0 Å². The Morgan fingerprint density at radius 1 is 0.939 bits per heavy atom. The number of rotatable bonds is 7. The van der Waals surface area contributed by atoms with Gasteiger partial charge in [0.1, 0.15) is 21.4 Å². The molecule has 1 atom stereocenters. The maximum absolute atomic E-state index is 14.0. The van der Waals surface area contributed by atoms with E-state index in [9.17, 15) is 24.6 Å². The fraction of sp³-hybridized carbons (Fsp3) is 0.583. The van der Waals surface area contributed by atoms with E-state index >= 15 is 0 Å². The van der Waals surface area contributed by atoms with E-state index < -0.39 is 17.8 Å². The normalized spacial score (nSPS) is 21.4. The van der Waals surface area contributed by atoms with Crippen LogP contribution in [-0.2, 0) is 22.4 Å². The maximum atomic E-state index is 14.0. The summed E-state index contributed by atoms with van der Waals surface area (Å²) in [5.41, 5.74) is 2.13. The number of hydrogen-bond acceptors (Lipinski definition) is 7. The third-order valence-corrected chi connectivity index (χ3v) is 11.2. The van der Waals surface area contributed by atoms with E-state index in [-0.39, 0.29) is 41.1 Å². The van der Waals surface area contributed by atoms with Gasteiger partial charge in [-0.05, 0) is 68.6 Å². The van der Waals surface area contributed by atoms with E-state index in [0.717, 1.165) is 62.9 Å². The van der Waals surface area contributed by atoms with E-state index in [1.807, 2.05) is 36.1 Å². The number of urea groups is 1. The number of nitrogens with one attached hydrogen (secondary N) is 1. The number of piperidine rings is 3. The molecule has 258 valence electrons. The van der Waals surface area contributed by atoms with E-state index in [1.54, 1.807) is 21.9 Å². The van der Waals surface area contributed by atoms with Crippen molar-refractivity contribution in [3.05, 3.63) is 47.5 Å². The van der Waals surface area contributed by atoms with Crippen LogP contribution in [-0.4, -0.2) is 133 Å². The van der Waals surface area contributed by atoms with Gasteiger partial charge in [-0.25, -0.2) is 9.59 Å². The van der Waals surface area contributed by atoms with Crippen molar-refractivity contribution in [3.63, 3.8) is 0 Å². The highest BCUT2D eigenvalue weighted by Crippen LogP contribution is 2.30. The Balaban J connectivity index is 1.07. The minimum absolute atomic E-state index is 0.0179. The Bertz CT molecular complexity index is 1500. The number of aliphatic hydroxyl groups is 1. The number of aromatic hydroxyl groups is 1. The summed E-state index contributed by atoms with van der Waals surface area (Å²) in [6.45, 7) is 6.20. The molecule has 0 aromatic heterocycles. The molecular formula is C36H47B2N5O6. The zero-order valence-electron chi connectivity index (χ0n) is 28.5. The molecule has 4 amide bonds. The number of para-hydroxylation sites is 1. The number of nitrogens with zero attached hydrogens (tertiary/aromatic N) is 4. The molecule has 49 heavy (non-hydrogen) atoms. The summed E-state index contributed by atoms with van der Waals surface area (Å²) in [7, 11) is 11.9. The highest BCUT2D eigenvalue weighted by atomic mass is 16.6. The van der Waals surface area contributed by atoms with Crippen molar-refractivity contribution in [2.75, 3.05) is 51.1 Å². The lowest BCUT2D eigenvalue weighted by Crippen LogP contribution is -2.54. The number of anilines is 1. The third kappa shape index (κ3) is 8.04. The van der Waals surface area contributed by atoms with Crippen LogP contribution in [0.25, 0.3) is 0 Å². The van der Waals surface area contributed by atoms with E-state index in [1.165, 1.54) is 0 Å². The smallest absolute Gasteiger partial charge is 0.410 e. The average Bonchev–Trinajstić information content (AvgIpc) is 3.28. The fourth-order valence-corrected chi connectivity index (χ4v) is 7.86. The Labute approximate surface area is 291 Å². The zero-order valence-corrected chi connectivity index (χ0v) is 28.5. The van der Waals surface area contributed by atoms with Gasteiger partial charge in [0.15, 0.2) is 6.10 Å². The van der Waals surface area contributed by atoms with Crippen LogP contribution >= 0.6 is 0 Å². The first-order chi connectivity index (χ1) is 23.5. The quantitative estimate of drug-likeness (QED) is 0.385. The third-order valence-electron chi connectivity index (χ3n) is 11.2. The van der Waals surface area contributed by atoms with Gasteiger partial charge in [-0.2, -0.15) is 0 Å². The summed E-state index contributed by atoms with van der Waals surface area (Å²) in [5.74, 6) is -0.489. The Morgan fingerprint density at radius 3 is 2.20 bits per heavy atom. The number of phenols is 1. The minimum atomic E-state index is -1.10. The van der Waals surface area contributed by atoms with Gasteiger partial charge in [-0.15, -0.1) is 0 Å². The van der Waals surface area contributed by atoms with E-state index in [0.29, 0.717) is 57.2 Å². The molecule has 3 fully saturated rings. The molecule has 3 N–H and O–H groups in total. The highest BCUT2D eigenvalue weighted by molar-refractivity contribution is 6.41. The summed E-state index contributed by atoms with van der Waals surface area (Å²) in [6.07, 6.45) is 4.23. The number of hydrogen-bond donors (Lipinski definition) is 3. The fourth-order valence-electron chi connectivity index (χ4n) is 7.86. The lowest BCUT2D eigenvalue weighted by molar-refractivity contribution is -0.142. The Morgan fingerprint density at radius 2 is 1.55 bits per heavy atom. The molecule has 2 aromatic rings. The van der Waals surface area contributed by atoms with Crippen LogP contribution in [0, 0.1) is 0 Å². The largest absolute Gasteiger partial charge is 0.509 e. The molecule has 4 heterocycles. The van der Waals surface area contributed by atoms with Crippen molar-refractivity contribution in [2.24, 2.45) is 0 Å². The van der Waals surface area contributed by atoms with Crippen LogP contribution < -0.4 is 16.2 Å². The second-order valence-corrected chi connectivity index (χ2v) is 14.1. The number of carbonyl (C=O) groups excluding carboxylic acids is 3. The van der Waals surface area contributed by atoms with Crippen LogP contribution in [0.1, 0.15) is 63.0 Å². The number of phenolic OH excluding ortho intramolecular Hbond substituents is 1. The molecule has 4 radical (unpaired) electrons. The molecule has 0 saturated carbocycles. The second-order valence-electron chi connectivity index (χ2n) is 14.1. The van der Waals surface area contributed by atoms with Gasteiger partial charge >= 0.3 is 12.1 Å². The maximum Gasteiger partial charge on any atom is 0.410 e. The number of ether oxygens (including phenoxy) is 1. The van der Waals surface area contributed by atoms with Crippen LogP contribution in [0.4, 0.5) is 15.3 Å². The van der Waals surface area contributed by atoms with Crippen LogP contribution in [0.3, 0.4) is 0 Å². The topological polar surface area (TPSA) is 126 Å². The van der Waals surface area contributed by atoms with Crippen molar-refractivity contribution in [2.45, 2.75) is 88.5 Å². The molecule has 4 aliphatic rings. The predicted molar refractivity (Wildman–Crippen MR) is 189 cm³/mol. The highest BCUT2D eigenvalue weighted by Gasteiger charge is 2.38. The summed E-state index contributed by atoms with van der Waals surface area (Å²) in [4.78, 5) is 48.4. The molecule has 0 spiro atoms. The molecule has 0 bridgehead atoms. The number of carbonyl (C=O) groups is 3. The molecule has 11 nitrogen and oxygen atoms in total. The number of fused-ring (bicyclic) bond motifs is 1. The second kappa shape index (κ2) is 15.0. The van der Waals surface area contributed by atoms with Gasteiger partial charge in [0.05, 0.1) is 5.60 Å². The monoisotopic (exact) mass is 667 g/mol. The molecule has 2 aromatic carbocycles. The molecule has 13 heteroatoms. The summed E-state index contributed by atoms with van der Waals surface area (Å²) < 4.78 is 5.98. The van der Waals surface area contributed by atoms with Crippen molar-refractivity contribution in [1.82, 2.24) is 19.6 Å². The number of benzene rings is 2. The molecular weight excluding hydrogens is 620 g/mol. The van der Waals surface area contributed by atoms with Crippen molar-refractivity contribution in [3.8, 4) is 5.75 Å². The first-order valence-corrected chi connectivity index (χ1v) is 17.8. The summed E-state index contributed by atoms with van der Waals surface area (Å²) >= 11 is 0. The van der Waals surface area contributed by atoms with Gasteiger partial charge in [0.2, 0.25) is 0 Å². The molecule has 0 unspecified atom stereocenters. The van der Waals surface area contributed by atoms with Gasteiger partial charge in [0.25, 0.3) is 5.91 Å². The average molecular weight is 667 g/mol. The summed E-state index contributed by atoms with van der Waals surface area (Å²) in [6, 6.07) is 11.1. The Hall–Kier alpha value is -3.70. The minimum Gasteiger partial charge on any atom is -0.509 e. The van der Waals surface area contributed by atoms with Gasteiger partial charge in [0, 0.05) is 70.0 Å². The molecule has 3 saturated heterocycles. The van der Waals surface area contributed by atoms with Crippen LogP contribution in [0.15, 0.2) is 36.4 Å². The Kier molecular flexibility index (Phi) is 10.8. The van der Waals surface area contributed by atoms with Crippen molar-refractivity contribution in [1.29, 1.82) is 0 Å². The zero-order chi connectivity index (χ0) is 34.7. The lowest BCUT2D eigenvalue weighted by Gasteiger charge is -2.44. The van der Waals surface area contributed by atoms with E-state index in [4.69, 9.17) is 20.4 Å². The molecule has 4 aliphatic heterocycles. The van der Waals surface area contributed by atoms with E-state index in [2.05, 4.69) is 10.2 Å². The first kappa shape index (κ1) is 35.1. The first-order valence-electron chi connectivity index (χ1n) is 17.8. The standard InChI is InChI=1S/C36H47B2N5O6/c1-2-36(48)12-19-40(20-13-36)26-8-14-41(15-9-26)33(45)31(23-24-21-28(37)32(44)29(38)22-24)49-35(47)42-16-10-27(11-17-42)43-18-7-25-5-3-4-6-30(25)39-34(43)46/h3-6,21-22,26-27,31,44,48H,2,7-20,23H2,1H3,(H,39,46)/t31-/m1/s1. The molecule has 0 aliphatic carbocycles. The van der Waals surface area contributed by atoms with Crippen molar-refractivity contribution >= 4 is 50.3 Å². The van der Waals surface area contributed by atoms with Gasteiger partial charge in [-0.3, -0.25) is 4.79 Å². The van der Waals surface area contributed by atoms with Gasteiger partial charge in [-0.1, -0.05) is 48.2 Å².